The Labute approximate surface area is 110 Å². The molecule has 18 heavy (non-hydrogen) atoms. The van der Waals surface area contributed by atoms with Gasteiger partial charge in [-0.3, -0.25) is 4.90 Å². The Kier molecular flexibility index (Phi) is 11.9. The lowest BCUT2D eigenvalue weighted by atomic mass is 10.4. The third kappa shape index (κ3) is 13.1. The van der Waals surface area contributed by atoms with Gasteiger partial charge in [0.15, 0.2) is 0 Å². The molecular formula is C14H25NO3. The molecule has 0 spiro atoms. The highest BCUT2D eigenvalue weighted by molar-refractivity contribution is 4.99. The second-order valence-electron chi connectivity index (χ2n) is 3.97. The minimum atomic E-state index is -0.315. The van der Waals surface area contributed by atoms with Gasteiger partial charge in [-0.15, -0.1) is 0 Å². The molecule has 1 aromatic rings. The molecule has 104 valence electrons. The van der Waals surface area contributed by atoms with Crippen molar-refractivity contribution < 1.29 is 14.6 Å². The fourth-order valence-electron chi connectivity index (χ4n) is 0.825. The normalized spacial score (nSPS) is 15.8. The largest absolute Gasteiger partial charge is 0.379 e. The highest BCUT2D eigenvalue weighted by Gasteiger charge is 1.94. The van der Waals surface area contributed by atoms with Crippen LogP contribution in [0.4, 0.5) is 0 Å². The molecule has 0 radical (unpaired) electrons. The van der Waals surface area contributed by atoms with Crippen LogP contribution in [0.5, 0.6) is 0 Å². The number of benzene rings is 1. The average Bonchev–Trinajstić information content (AvgIpc) is 2.44. The first-order chi connectivity index (χ1) is 8.64. The van der Waals surface area contributed by atoms with Gasteiger partial charge >= 0.3 is 0 Å². The molecule has 1 saturated heterocycles. The first kappa shape index (κ1) is 17.1. The molecule has 0 amide bonds. The minimum absolute atomic E-state index is 0.315. The van der Waals surface area contributed by atoms with Crippen LogP contribution in [-0.2, 0) is 9.47 Å². The highest BCUT2D eigenvalue weighted by atomic mass is 16.6. The van der Waals surface area contributed by atoms with Crippen LogP contribution in [0.2, 0.25) is 0 Å². The second-order valence-corrected chi connectivity index (χ2v) is 3.97. The van der Waals surface area contributed by atoms with E-state index in [4.69, 9.17) is 14.6 Å². The zero-order valence-corrected chi connectivity index (χ0v) is 11.6. The maximum atomic E-state index is 8.56. The summed E-state index contributed by atoms with van der Waals surface area (Å²) in [6.45, 7) is 4.83. The first-order valence-corrected chi connectivity index (χ1v) is 6.14. The van der Waals surface area contributed by atoms with Crippen LogP contribution in [0.3, 0.4) is 0 Å². The van der Waals surface area contributed by atoms with Crippen molar-refractivity contribution in [2.75, 3.05) is 40.5 Å². The van der Waals surface area contributed by atoms with Crippen LogP contribution >= 0.6 is 0 Å². The first-order valence-electron chi connectivity index (χ1n) is 6.14. The summed E-state index contributed by atoms with van der Waals surface area (Å²) >= 11 is 0. The van der Waals surface area contributed by atoms with Crippen LogP contribution in [-0.4, -0.2) is 56.8 Å². The van der Waals surface area contributed by atoms with Gasteiger partial charge in [0.05, 0.1) is 26.4 Å². The molecular weight excluding hydrogens is 230 g/mol. The van der Waals surface area contributed by atoms with Gasteiger partial charge in [0, 0.05) is 0 Å². The van der Waals surface area contributed by atoms with Crippen molar-refractivity contribution in [2.24, 2.45) is 0 Å². The Bertz CT molecular complexity index is 204. The number of rotatable bonds is 1. The van der Waals surface area contributed by atoms with Crippen molar-refractivity contribution in [2.45, 2.75) is 13.2 Å². The quantitative estimate of drug-likeness (QED) is 0.774. The molecule has 4 heteroatoms. The van der Waals surface area contributed by atoms with E-state index in [9.17, 15) is 0 Å². The zero-order valence-electron chi connectivity index (χ0n) is 11.6. The lowest BCUT2D eigenvalue weighted by Gasteiger charge is -2.11. The predicted molar refractivity (Wildman–Crippen MR) is 73.4 cm³/mol. The standard InChI is InChI=1S/C6H6.C4H11NO.C4H8O2/c1-2-4-6-5-3-1;1-4(6)5(2)3;1-2-6-4-3-5-1/h1-6H;4,6H,1-3H3;1-4H2. The molecule has 1 heterocycles. The van der Waals surface area contributed by atoms with Crippen LogP contribution in [0, 0.1) is 0 Å². The van der Waals surface area contributed by atoms with Crippen molar-refractivity contribution >= 4 is 0 Å². The number of aliphatic hydroxyl groups excluding tert-OH is 1. The van der Waals surface area contributed by atoms with Crippen LogP contribution in [0.1, 0.15) is 6.92 Å². The average molecular weight is 255 g/mol. The highest BCUT2D eigenvalue weighted by Crippen LogP contribution is 1.85. The molecule has 1 atom stereocenters. The fraction of sp³-hybridized carbons (Fsp3) is 0.571. The summed E-state index contributed by atoms with van der Waals surface area (Å²) in [4.78, 5) is 1.72. The summed E-state index contributed by atoms with van der Waals surface area (Å²) < 4.78 is 9.89. The molecule has 0 aromatic heterocycles. The van der Waals surface area contributed by atoms with E-state index in [2.05, 4.69) is 0 Å². The van der Waals surface area contributed by atoms with E-state index >= 15 is 0 Å². The molecule has 1 aromatic carbocycles. The second kappa shape index (κ2) is 12.5. The molecule has 0 bridgehead atoms. The number of aliphatic hydroxyl groups is 1. The smallest absolute Gasteiger partial charge is 0.104 e. The molecule has 2 rings (SSSR count). The molecule has 1 aliphatic heterocycles. The van der Waals surface area contributed by atoms with Crippen molar-refractivity contribution in [3.05, 3.63) is 36.4 Å². The zero-order chi connectivity index (χ0) is 13.6. The fourth-order valence-corrected chi connectivity index (χ4v) is 0.825. The van der Waals surface area contributed by atoms with Gasteiger partial charge in [0.1, 0.15) is 6.23 Å². The molecule has 0 saturated carbocycles. The van der Waals surface area contributed by atoms with E-state index in [0.717, 1.165) is 26.4 Å². The lowest BCUT2D eigenvalue weighted by Crippen LogP contribution is -2.23. The van der Waals surface area contributed by atoms with E-state index in [1.807, 2.05) is 50.5 Å². The van der Waals surface area contributed by atoms with E-state index in [-0.39, 0.29) is 6.23 Å². The van der Waals surface area contributed by atoms with Gasteiger partial charge < -0.3 is 14.6 Å². The molecule has 1 N–H and O–H groups in total. The Morgan fingerprint density at radius 2 is 1.06 bits per heavy atom. The Balaban J connectivity index is 0.000000241. The number of hydrogen-bond donors (Lipinski definition) is 1. The van der Waals surface area contributed by atoms with Gasteiger partial charge in [0.2, 0.25) is 0 Å². The topological polar surface area (TPSA) is 41.9 Å². The van der Waals surface area contributed by atoms with Gasteiger partial charge in [-0.05, 0) is 21.0 Å². The van der Waals surface area contributed by atoms with Gasteiger partial charge in [-0.25, -0.2) is 0 Å². The van der Waals surface area contributed by atoms with Gasteiger partial charge in [0.25, 0.3) is 0 Å². The number of nitrogens with zero attached hydrogens (tertiary/aromatic N) is 1. The molecule has 0 aliphatic carbocycles. The summed E-state index contributed by atoms with van der Waals surface area (Å²) in [6.07, 6.45) is -0.315. The summed E-state index contributed by atoms with van der Waals surface area (Å²) in [6, 6.07) is 12.0. The minimum Gasteiger partial charge on any atom is -0.379 e. The number of ether oxygens (including phenoxy) is 2. The third-order valence-corrected chi connectivity index (χ3v) is 2.16. The molecule has 1 fully saturated rings. The maximum Gasteiger partial charge on any atom is 0.104 e. The van der Waals surface area contributed by atoms with Crippen molar-refractivity contribution in [3.63, 3.8) is 0 Å². The maximum absolute atomic E-state index is 8.56. The van der Waals surface area contributed by atoms with Gasteiger partial charge in [-0.1, -0.05) is 36.4 Å². The molecule has 4 nitrogen and oxygen atoms in total. The number of hydrogen-bond acceptors (Lipinski definition) is 4. The van der Waals surface area contributed by atoms with E-state index in [0.29, 0.717) is 0 Å². The van der Waals surface area contributed by atoms with E-state index in [1.54, 1.807) is 11.8 Å². The lowest BCUT2D eigenvalue weighted by molar-refractivity contribution is -0.0334. The summed E-state index contributed by atoms with van der Waals surface area (Å²) in [5.41, 5.74) is 0. The van der Waals surface area contributed by atoms with Crippen molar-refractivity contribution in [1.29, 1.82) is 0 Å². The van der Waals surface area contributed by atoms with E-state index in [1.165, 1.54) is 0 Å². The van der Waals surface area contributed by atoms with Crippen LogP contribution < -0.4 is 0 Å². The summed E-state index contributed by atoms with van der Waals surface area (Å²) in [7, 11) is 3.65. The van der Waals surface area contributed by atoms with Crippen molar-refractivity contribution in [3.8, 4) is 0 Å². The van der Waals surface area contributed by atoms with E-state index < -0.39 is 0 Å². The predicted octanol–water partition coefficient (Wildman–Crippen LogP) is 1.61. The molecule has 1 unspecified atom stereocenters. The van der Waals surface area contributed by atoms with Crippen LogP contribution in [0.15, 0.2) is 36.4 Å². The monoisotopic (exact) mass is 255 g/mol. The Hall–Kier alpha value is -0.940. The Morgan fingerprint density at radius 3 is 1.17 bits per heavy atom. The molecule has 1 aliphatic rings. The Morgan fingerprint density at radius 1 is 0.833 bits per heavy atom. The van der Waals surface area contributed by atoms with Crippen molar-refractivity contribution in [1.82, 2.24) is 4.90 Å². The SMILES string of the molecule is C1COCCO1.CC(O)N(C)C.c1ccccc1. The van der Waals surface area contributed by atoms with Gasteiger partial charge in [-0.2, -0.15) is 0 Å². The summed E-state index contributed by atoms with van der Waals surface area (Å²) in [5, 5.41) is 8.56. The summed E-state index contributed by atoms with van der Waals surface area (Å²) in [5.74, 6) is 0. The van der Waals surface area contributed by atoms with Crippen LogP contribution in [0.25, 0.3) is 0 Å². The third-order valence-electron chi connectivity index (χ3n) is 2.16.